The zero-order valence-electron chi connectivity index (χ0n) is 15.1. The van der Waals surface area contributed by atoms with E-state index in [2.05, 4.69) is 4.98 Å². The van der Waals surface area contributed by atoms with Crippen molar-refractivity contribution >= 4 is 23.1 Å². The number of ketones is 1. The standard InChI is InChI=1S/C22H21NO3S/c1-2-26-22(25)18(13-16-9-5-3-6-10-16)14-20(24)21-23-19(15-27-21)17-11-7-4-8-12-17/h3-12,15,18H,2,13-14H2,1H3. The van der Waals surface area contributed by atoms with Crippen LogP contribution in [0.3, 0.4) is 0 Å². The summed E-state index contributed by atoms with van der Waals surface area (Å²) in [7, 11) is 0. The van der Waals surface area contributed by atoms with E-state index in [0.717, 1.165) is 16.8 Å². The van der Waals surface area contributed by atoms with Crippen molar-refractivity contribution in [2.24, 2.45) is 5.92 Å². The first-order chi connectivity index (χ1) is 13.2. The van der Waals surface area contributed by atoms with Gasteiger partial charge in [0.15, 0.2) is 10.8 Å². The molecule has 27 heavy (non-hydrogen) atoms. The van der Waals surface area contributed by atoms with Crippen LogP contribution in [0.15, 0.2) is 66.0 Å². The number of carbonyl (C=O) groups is 2. The molecule has 0 saturated carbocycles. The first kappa shape index (κ1) is 19.0. The van der Waals surface area contributed by atoms with Crippen LogP contribution in [-0.2, 0) is 16.0 Å². The van der Waals surface area contributed by atoms with E-state index >= 15 is 0 Å². The SMILES string of the molecule is CCOC(=O)C(CC(=O)c1nc(-c2ccccc2)cs1)Cc1ccccc1. The normalized spacial score (nSPS) is 11.7. The number of hydrogen-bond acceptors (Lipinski definition) is 5. The number of hydrogen-bond donors (Lipinski definition) is 0. The van der Waals surface area contributed by atoms with Gasteiger partial charge in [0.25, 0.3) is 0 Å². The Bertz CT molecular complexity index is 890. The lowest BCUT2D eigenvalue weighted by Gasteiger charge is -2.14. The van der Waals surface area contributed by atoms with Gasteiger partial charge in [0.1, 0.15) is 0 Å². The summed E-state index contributed by atoms with van der Waals surface area (Å²) in [6, 6.07) is 19.4. The summed E-state index contributed by atoms with van der Waals surface area (Å²) in [6.07, 6.45) is 0.567. The Labute approximate surface area is 162 Å². The number of nitrogens with zero attached hydrogens (tertiary/aromatic N) is 1. The van der Waals surface area contributed by atoms with E-state index in [4.69, 9.17) is 4.74 Å². The summed E-state index contributed by atoms with van der Waals surface area (Å²) in [5, 5.41) is 2.30. The number of esters is 1. The van der Waals surface area contributed by atoms with E-state index in [-0.39, 0.29) is 18.2 Å². The third-order valence-corrected chi connectivity index (χ3v) is 5.07. The molecule has 1 atom stereocenters. The molecule has 1 aromatic heterocycles. The summed E-state index contributed by atoms with van der Waals surface area (Å²) in [5.41, 5.74) is 2.76. The van der Waals surface area contributed by atoms with E-state index in [0.29, 0.717) is 18.0 Å². The summed E-state index contributed by atoms with van der Waals surface area (Å²) in [4.78, 5) is 29.6. The highest BCUT2D eigenvalue weighted by molar-refractivity contribution is 7.12. The molecule has 0 aliphatic rings. The first-order valence-corrected chi connectivity index (χ1v) is 9.80. The molecular weight excluding hydrogens is 358 g/mol. The maximum Gasteiger partial charge on any atom is 0.309 e. The van der Waals surface area contributed by atoms with Crippen LogP contribution >= 0.6 is 11.3 Å². The predicted octanol–water partition coefficient (Wildman–Crippen LogP) is 4.80. The van der Waals surface area contributed by atoms with Crippen LogP contribution in [-0.4, -0.2) is 23.3 Å². The minimum Gasteiger partial charge on any atom is -0.466 e. The average molecular weight is 379 g/mol. The van der Waals surface area contributed by atoms with Crippen LogP contribution in [0.1, 0.15) is 28.7 Å². The molecule has 0 spiro atoms. The van der Waals surface area contributed by atoms with Crippen LogP contribution in [0, 0.1) is 5.92 Å². The molecule has 0 radical (unpaired) electrons. The summed E-state index contributed by atoms with van der Waals surface area (Å²) >= 11 is 1.31. The van der Waals surface area contributed by atoms with Crippen LogP contribution in [0.5, 0.6) is 0 Å². The molecule has 0 aliphatic carbocycles. The predicted molar refractivity (Wildman–Crippen MR) is 107 cm³/mol. The second kappa shape index (κ2) is 9.24. The number of thiazole rings is 1. The fourth-order valence-corrected chi connectivity index (χ4v) is 3.63. The van der Waals surface area contributed by atoms with Crippen molar-refractivity contribution in [3.63, 3.8) is 0 Å². The molecule has 1 unspecified atom stereocenters. The molecular formula is C22H21NO3S. The van der Waals surface area contributed by atoms with Gasteiger partial charge in [-0.05, 0) is 18.9 Å². The highest BCUT2D eigenvalue weighted by Crippen LogP contribution is 2.24. The van der Waals surface area contributed by atoms with Gasteiger partial charge in [-0.25, -0.2) is 4.98 Å². The zero-order valence-corrected chi connectivity index (χ0v) is 15.9. The van der Waals surface area contributed by atoms with Gasteiger partial charge in [0.2, 0.25) is 0 Å². The van der Waals surface area contributed by atoms with E-state index < -0.39 is 5.92 Å². The Morgan fingerprint density at radius 2 is 1.70 bits per heavy atom. The monoisotopic (exact) mass is 379 g/mol. The smallest absolute Gasteiger partial charge is 0.309 e. The van der Waals surface area contributed by atoms with E-state index in [1.807, 2.05) is 66.0 Å². The molecule has 2 aromatic carbocycles. The average Bonchev–Trinajstić information content (AvgIpc) is 3.19. The van der Waals surface area contributed by atoms with Crippen molar-refractivity contribution in [3.8, 4) is 11.3 Å². The second-order valence-electron chi connectivity index (χ2n) is 6.17. The molecule has 4 nitrogen and oxygen atoms in total. The van der Waals surface area contributed by atoms with Gasteiger partial charge >= 0.3 is 5.97 Å². The molecule has 0 N–H and O–H groups in total. The quantitative estimate of drug-likeness (QED) is 0.416. The van der Waals surface area contributed by atoms with Crippen molar-refractivity contribution in [1.29, 1.82) is 0 Å². The van der Waals surface area contributed by atoms with Gasteiger partial charge in [-0.2, -0.15) is 0 Å². The molecule has 0 saturated heterocycles. The Morgan fingerprint density at radius 3 is 2.37 bits per heavy atom. The van der Waals surface area contributed by atoms with Gasteiger partial charge in [-0.15, -0.1) is 11.3 Å². The topological polar surface area (TPSA) is 56.3 Å². The zero-order chi connectivity index (χ0) is 19.1. The van der Waals surface area contributed by atoms with Crippen LogP contribution in [0.4, 0.5) is 0 Å². The lowest BCUT2D eigenvalue weighted by molar-refractivity contribution is -0.147. The number of rotatable bonds is 8. The maximum atomic E-state index is 12.7. The Hall–Kier alpha value is -2.79. The van der Waals surface area contributed by atoms with Crippen LogP contribution in [0.25, 0.3) is 11.3 Å². The molecule has 1 heterocycles. The Morgan fingerprint density at radius 1 is 1.04 bits per heavy atom. The highest BCUT2D eigenvalue weighted by Gasteiger charge is 2.25. The Kier molecular flexibility index (Phi) is 6.49. The molecule has 0 amide bonds. The molecule has 0 aliphatic heterocycles. The summed E-state index contributed by atoms with van der Waals surface area (Å²) < 4.78 is 5.18. The van der Waals surface area contributed by atoms with Crippen molar-refractivity contribution in [3.05, 3.63) is 76.6 Å². The third kappa shape index (κ3) is 5.11. The number of Topliss-reactive ketones (excluding diaryl/α,β-unsaturated/α-hetero) is 1. The van der Waals surface area contributed by atoms with Gasteiger partial charge in [0.05, 0.1) is 18.2 Å². The number of aromatic nitrogens is 1. The molecule has 5 heteroatoms. The molecule has 0 bridgehead atoms. The molecule has 0 fully saturated rings. The van der Waals surface area contributed by atoms with Crippen molar-refractivity contribution in [2.45, 2.75) is 19.8 Å². The van der Waals surface area contributed by atoms with E-state index in [1.165, 1.54) is 11.3 Å². The summed E-state index contributed by atoms with van der Waals surface area (Å²) in [5.74, 6) is -0.977. The molecule has 3 rings (SSSR count). The minimum atomic E-state index is -0.510. The van der Waals surface area contributed by atoms with Crippen LogP contribution in [0.2, 0.25) is 0 Å². The number of ether oxygens (including phenoxy) is 1. The van der Waals surface area contributed by atoms with Gasteiger partial charge in [-0.1, -0.05) is 60.7 Å². The Balaban J connectivity index is 1.74. The number of carbonyl (C=O) groups excluding carboxylic acids is 2. The van der Waals surface area contributed by atoms with E-state index in [1.54, 1.807) is 6.92 Å². The minimum absolute atomic E-state index is 0.0927. The molecule has 3 aromatic rings. The fourth-order valence-electron chi connectivity index (χ4n) is 2.85. The molecule has 138 valence electrons. The third-order valence-electron chi connectivity index (χ3n) is 4.19. The second-order valence-corrected chi connectivity index (χ2v) is 7.03. The largest absolute Gasteiger partial charge is 0.466 e. The lowest BCUT2D eigenvalue weighted by atomic mass is 9.94. The maximum absolute atomic E-state index is 12.7. The lowest BCUT2D eigenvalue weighted by Crippen LogP contribution is -2.23. The van der Waals surface area contributed by atoms with Crippen molar-refractivity contribution in [1.82, 2.24) is 4.98 Å². The van der Waals surface area contributed by atoms with Gasteiger partial charge in [0, 0.05) is 17.4 Å². The summed E-state index contributed by atoms with van der Waals surface area (Å²) in [6.45, 7) is 2.07. The number of benzene rings is 2. The van der Waals surface area contributed by atoms with Crippen LogP contribution < -0.4 is 0 Å². The van der Waals surface area contributed by atoms with E-state index in [9.17, 15) is 9.59 Å². The fraction of sp³-hybridized carbons (Fsp3) is 0.227. The first-order valence-electron chi connectivity index (χ1n) is 8.92. The van der Waals surface area contributed by atoms with Gasteiger partial charge in [-0.3, -0.25) is 9.59 Å². The highest BCUT2D eigenvalue weighted by atomic mass is 32.1. The van der Waals surface area contributed by atoms with Gasteiger partial charge < -0.3 is 4.74 Å². The van der Waals surface area contributed by atoms with Crippen molar-refractivity contribution < 1.29 is 14.3 Å². The van der Waals surface area contributed by atoms with Crippen molar-refractivity contribution in [2.75, 3.05) is 6.61 Å².